The van der Waals surface area contributed by atoms with E-state index in [0.717, 1.165) is 29.5 Å². The van der Waals surface area contributed by atoms with Gasteiger partial charge in [0.25, 0.3) is 0 Å². The van der Waals surface area contributed by atoms with Gasteiger partial charge in [0.2, 0.25) is 0 Å². The molecule has 0 saturated carbocycles. The molecule has 0 aliphatic rings. The van der Waals surface area contributed by atoms with Gasteiger partial charge in [0.1, 0.15) is 17.7 Å². The second-order valence-electron chi connectivity index (χ2n) is 5.00. The van der Waals surface area contributed by atoms with Crippen LogP contribution in [0.1, 0.15) is 42.2 Å². The molecule has 1 atom stereocenters. The Morgan fingerprint density at radius 1 is 1.14 bits per heavy atom. The Kier molecular flexibility index (Phi) is 4.97. The van der Waals surface area contributed by atoms with Crippen molar-refractivity contribution < 1.29 is 14.2 Å². The van der Waals surface area contributed by atoms with E-state index in [2.05, 4.69) is 6.92 Å². The molecule has 2 aromatic rings. The fraction of sp³-hybridized carbons (Fsp3) is 0.333. The molecule has 2 nitrogen and oxygen atoms in total. The van der Waals surface area contributed by atoms with E-state index in [9.17, 15) is 9.50 Å². The van der Waals surface area contributed by atoms with Gasteiger partial charge in [-0.3, -0.25) is 0 Å². The second kappa shape index (κ2) is 6.72. The van der Waals surface area contributed by atoms with E-state index < -0.39 is 11.9 Å². The lowest BCUT2D eigenvalue weighted by Gasteiger charge is -2.19. The van der Waals surface area contributed by atoms with Crippen molar-refractivity contribution in [2.75, 3.05) is 7.11 Å². The molecule has 0 amide bonds. The molecule has 2 aromatic carbocycles. The number of methoxy groups -OCH3 is 1. The summed E-state index contributed by atoms with van der Waals surface area (Å²) in [6.07, 6.45) is 0.633. The third-order valence-corrected chi connectivity index (χ3v) is 3.80. The molecule has 1 unspecified atom stereocenters. The lowest BCUT2D eigenvalue weighted by atomic mass is 9.92. The van der Waals surface area contributed by atoms with Crippen LogP contribution in [0.5, 0.6) is 5.75 Å². The molecule has 0 aromatic heterocycles. The molecule has 0 aliphatic carbocycles. The zero-order valence-electron chi connectivity index (χ0n) is 12.7. The van der Waals surface area contributed by atoms with E-state index in [4.69, 9.17) is 4.74 Å². The van der Waals surface area contributed by atoms with Gasteiger partial charge in [0.05, 0.1) is 12.7 Å². The fourth-order valence-electron chi connectivity index (χ4n) is 2.56. The average Bonchev–Trinajstić information content (AvgIpc) is 2.53. The highest BCUT2D eigenvalue weighted by Gasteiger charge is 2.22. The van der Waals surface area contributed by atoms with Crippen LogP contribution in [0.3, 0.4) is 0 Å². The first-order chi connectivity index (χ1) is 10.1. The predicted octanol–water partition coefficient (Wildman–Crippen LogP) is 4.04. The minimum Gasteiger partial charge on any atom is -0.496 e. The summed E-state index contributed by atoms with van der Waals surface area (Å²) >= 11 is 0. The Morgan fingerprint density at radius 2 is 1.90 bits per heavy atom. The SMILES string of the molecule is CCc1ccc(CC)c(C(O)c2c(F)cccc2OC)c1. The third-order valence-electron chi connectivity index (χ3n) is 3.80. The van der Waals surface area contributed by atoms with Crippen molar-refractivity contribution >= 4 is 0 Å². The van der Waals surface area contributed by atoms with Crippen LogP contribution in [0.25, 0.3) is 0 Å². The molecule has 0 heterocycles. The number of hydrogen-bond acceptors (Lipinski definition) is 2. The molecule has 21 heavy (non-hydrogen) atoms. The number of hydrogen-bond donors (Lipinski definition) is 1. The van der Waals surface area contributed by atoms with Gasteiger partial charge < -0.3 is 9.84 Å². The second-order valence-corrected chi connectivity index (χ2v) is 5.00. The molecule has 0 bridgehead atoms. The minimum atomic E-state index is -1.03. The molecule has 0 aliphatic heterocycles. The average molecular weight is 288 g/mol. The lowest BCUT2D eigenvalue weighted by molar-refractivity contribution is 0.208. The molecule has 0 saturated heterocycles. The number of ether oxygens (including phenoxy) is 1. The van der Waals surface area contributed by atoms with Crippen molar-refractivity contribution in [3.8, 4) is 5.75 Å². The van der Waals surface area contributed by atoms with Crippen LogP contribution in [0, 0.1) is 5.82 Å². The maximum absolute atomic E-state index is 14.2. The number of aliphatic hydroxyl groups is 1. The highest BCUT2D eigenvalue weighted by Crippen LogP contribution is 2.34. The van der Waals surface area contributed by atoms with Crippen molar-refractivity contribution in [2.24, 2.45) is 0 Å². The number of benzene rings is 2. The summed E-state index contributed by atoms with van der Waals surface area (Å²) in [6, 6.07) is 10.6. The maximum atomic E-state index is 14.2. The summed E-state index contributed by atoms with van der Waals surface area (Å²) in [4.78, 5) is 0. The van der Waals surface area contributed by atoms with Crippen LogP contribution in [-0.4, -0.2) is 12.2 Å². The van der Waals surface area contributed by atoms with Crippen LogP contribution in [-0.2, 0) is 12.8 Å². The highest BCUT2D eigenvalue weighted by molar-refractivity contribution is 5.45. The van der Waals surface area contributed by atoms with Gasteiger partial charge in [-0.05, 0) is 41.7 Å². The number of rotatable bonds is 5. The Bertz CT molecular complexity index is 623. The molecular weight excluding hydrogens is 267 g/mol. The quantitative estimate of drug-likeness (QED) is 0.899. The van der Waals surface area contributed by atoms with Crippen molar-refractivity contribution in [3.05, 3.63) is 64.5 Å². The number of aliphatic hydroxyl groups excluding tert-OH is 1. The van der Waals surface area contributed by atoms with Gasteiger partial charge >= 0.3 is 0 Å². The van der Waals surface area contributed by atoms with E-state index in [1.807, 2.05) is 25.1 Å². The highest BCUT2D eigenvalue weighted by atomic mass is 19.1. The predicted molar refractivity (Wildman–Crippen MR) is 82.2 cm³/mol. The monoisotopic (exact) mass is 288 g/mol. The van der Waals surface area contributed by atoms with Crippen molar-refractivity contribution in [1.29, 1.82) is 0 Å². The molecule has 0 radical (unpaired) electrons. The summed E-state index contributed by atoms with van der Waals surface area (Å²) in [5.74, 6) is -0.0859. The fourth-order valence-corrected chi connectivity index (χ4v) is 2.56. The van der Waals surface area contributed by atoms with Crippen LogP contribution >= 0.6 is 0 Å². The normalized spacial score (nSPS) is 12.2. The topological polar surface area (TPSA) is 29.5 Å². The zero-order chi connectivity index (χ0) is 15.4. The summed E-state index contributed by atoms with van der Waals surface area (Å²) in [5.41, 5.74) is 3.09. The van der Waals surface area contributed by atoms with E-state index in [0.29, 0.717) is 5.75 Å². The molecule has 2 rings (SSSR count). The van der Waals surface area contributed by atoms with Crippen LogP contribution in [0.4, 0.5) is 4.39 Å². The lowest BCUT2D eigenvalue weighted by Crippen LogP contribution is -2.08. The molecule has 3 heteroatoms. The number of halogens is 1. The Hall–Kier alpha value is -1.87. The van der Waals surface area contributed by atoms with Crippen molar-refractivity contribution in [3.63, 3.8) is 0 Å². The van der Waals surface area contributed by atoms with Crippen LogP contribution in [0.2, 0.25) is 0 Å². The molecular formula is C18H21FO2. The van der Waals surface area contributed by atoms with Crippen LogP contribution in [0.15, 0.2) is 36.4 Å². The van der Waals surface area contributed by atoms with Gasteiger partial charge in [-0.2, -0.15) is 0 Å². The minimum absolute atomic E-state index is 0.197. The summed E-state index contributed by atoms with van der Waals surface area (Å²) in [7, 11) is 1.48. The first-order valence-corrected chi connectivity index (χ1v) is 7.24. The Balaban J connectivity index is 2.56. The van der Waals surface area contributed by atoms with Crippen molar-refractivity contribution in [2.45, 2.75) is 32.8 Å². The van der Waals surface area contributed by atoms with E-state index in [1.165, 1.54) is 13.2 Å². The summed E-state index contributed by atoms with van der Waals surface area (Å²) in [6.45, 7) is 4.08. The zero-order valence-corrected chi connectivity index (χ0v) is 12.7. The number of aryl methyl sites for hydroxylation is 2. The Labute approximate surface area is 125 Å². The summed E-state index contributed by atoms with van der Waals surface area (Å²) in [5, 5.41) is 10.7. The third kappa shape index (κ3) is 3.08. The van der Waals surface area contributed by atoms with E-state index >= 15 is 0 Å². The summed E-state index contributed by atoms with van der Waals surface area (Å²) < 4.78 is 19.4. The van der Waals surface area contributed by atoms with Crippen molar-refractivity contribution in [1.82, 2.24) is 0 Å². The van der Waals surface area contributed by atoms with Gasteiger partial charge in [-0.25, -0.2) is 4.39 Å². The molecule has 0 fully saturated rings. The van der Waals surface area contributed by atoms with E-state index in [-0.39, 0.29) is 5.56 Å². The molecule has 1 N–H and O–H groups in total. The van der Waals surface area contributed by atoms with Gasteiger partial charge in [0, 0.05) is 0 Å². The van der Waals surface area contributed by atoms with Gasteiger partial charge in [0.15, 0.2) is 0 Å². The smallest absolute Gasteiger partial charge is 0.133 e. The van der Waals surface area contributed by atoms with Crippen LogP contribution < -0.4 is 4.74 Å². The maximum Gasteiger partial charge on any atom is 0.133 e. The molecule has 112 valence electrons. The Morgan fingerprint density at radius 3 is 2.52 bits per heavy atom. The molecule has 0 spiro atoms. The largest absolute Gasteiger partial charge is 0.496 e. The van der Waals surface area contributed by atoms with E-state index in [1.54, 1.807) is 12.1 Å². The van der Waals surface area contributed by atoms with Gasteiger partial charge in [-0.15, -0.1) is 0 Å². The van der Waals surface area contributed by atoms with Gasteiger partial charge in [-0.1, -0.05) is 38.1 Å². The first kappa shape index (κ1) is 15.5. The standard InChI is InChI=1S/C18H21FO2/c1-4-12-9-10-13(5-2)14(11-12)18(20)17-15(19)7-6-8-16(17)21-3/h6-11,18,20H,4-5H2,1-3H3. The first-order valence-electron chi connectivity index (χ1n) is 7.24.